The Morgan fingerprint density at radius 2 is 2.00 bits per heavy atom. The Morgan fingerprint density at radius 3 is 2.79 bits per heavy atom. The summed E-state index contributed by atoms with van der Waals surface area (Å²) in [4.78, 5) is 26.1. The van der Waals surface area contributed by atoms with Crippen molar-refractivity contribution in [3.05, 3.63) is 18.2 Å². The smallest absolute Gasteiger partial charge is 0.325 e. The van der Waals surface area contributed by atoms with Crippen LogP contribution in [-0.4, -0.2) is 49.2 Å². The zero-order valence-corrected chi connectivity index (χ0v) is 13.8. The minimum absolute atomic E-state index is 0.246. The molecule has 130 valence electrons. The lowest BCUT2D eigenvalue weighted by Crippen LogP contribution is -2.46. The van der Waals surface area contributed by atoms with Crippen molar-refractivity contribution in [2.45, 2.75) is 32.2 Å². The summed E-state index contributed by atoms with van der Waals surface area (Å²) < 4.78 is 10.9. The van der Waals surface area contributed by atoms with Gasteiger partial charge in [-0.2, -0.15) is 0 Å². The number of carbonyl (C=O) groups is 2. The largest absolute Gasteiger partial charge is 0.486 e. The number of fused-ring (bicyclic) bond motifs is 1. The van der Waals surface area contributed by atoms with Crippen molar-refractivity contribution in [3.63, 3.8) is 0 Å². The first-order chi connectivity index (χ1) is 11.6. The van der Waals surface area contributed by atoms with Gasteiger partial charge < -0.3 is 14.8 Å². The molecule has 1 aromatic carbocycles. The number of hydrogen-bond donors (Lipinski definition) is 2. The number of hydrogen-bond acceptors (Lipinski definition) is 5. The summed E-state index contributed by atoms with van der Waals surface area (Å²) in [6.45, 7) is 4.26. The molecule has 0 aromatic heterocycles. The number of likely N-dealkylation sites (tertiary alicyclic amines) is 1. The number of nitrogens with one attached hydrogen (secondary N) is 2. The predicted octanol–water partition coefficient (Wildman–Crippen LogP) is 1.98. The zero-order chi connectivity index (χ0) is 16.9. The third kappa shape index (κ3) is 4.17. The van der Waals surface area contributed by atoms with E-state index in [2.05, 4.69) is 22.5 Å². The van der Waals surface area contributed by atoms with Gasteiger partial charge in [-0.3, -0.25) is 15.0 Å². The van der Waals surface area contributed by atoms with Crippen LogP contribution in [0.2, 0.25) is 0 Å². The molecule has 0 spiro atoms. The lowest BCUT2D eigenvalue weighted by atomic mass is 10.0. The van der Waals surface area contributed by atoms with Gasteiger partial charge in [-0.25, -0.2) is 4.79 Å². The highest BCUT2D eigenvalue weighted by Gasteiger charge is 2.21. The fourth-order valence-electron chi connectivity index (χ4n) is 3.03. The van der Waals surface area contributed by atoms with Crippen LogP contribution in [0.4, 0.5) is 10.5 Å². The Bertz CT molecular complexity index is 620. The molecule has 1 saturated heterocycles. The van der Waals surface area contributed by atoms with Crippen LogP contribution in [-0.2, 0) is 4.79 Å². The van der Waals surface area contributed by atoms with Crippen LogP contribution in [0.25, 0.3) is 0 Å². The van der Waals surface area contributed by atoms with Gasteiger partial charge in [0.15, 0.2) is 11.5 Å². The molecule has 2 N–H and O–H groups in total. The summed E-state index contributed by atoms with van der Waals surface area (Å²) >= 11 is 0. The fourth-order valence-corrected chi connectivity index (χ4v) is 3.03. The van der Waals surface area contributed by atoms with E-state index in [1.54, 1.807) is 18.2 Å². The van der Waals surface area contributed by atoms with Gasteiger partial charge in [0, 0.05) is 17.8 Å². The first-order valence-electron chi connectivity index (χ1n) is 8.36. The maximum absolute atomic E-state index is 12.0. The van der Waals surface area contributed by atoms with Crippen molar-refractivity contribution in [2.75, 3.05) is 31.6 Å². The third-order valence-electron chi connectivity index (χ3n) is 4.34. The standard InChI is InChI=1S/C17H23N3O4/c1-12-4-2-3-7-20(12)11-16(21)19-17(22)18-13-5-6-14-15(10-13)24-9-8-23-14/h5-6,10,12H,2-4,7-9,11H2,1H3,(H2,18,19,21,22). The van der Waals surface area contributed by atoms with E-state index in [4.69, 9.17) is 9.47 Å². The SMILES string of the molecule is CC1CCCCN1CC(=O)NC(=O)Nc1ccc2c(c1)OCCO2. The Balaban J connectivity index is 1.50. The monoisotopic (exact) mass is 333 g/mol. The second-order valence-electron chi connectivity index (χ2n) is 6.18. The average Bonchev–Trinajstić information content (AvgIpc) is 2.56. The summed E-state index contributed by atoms with van der Waals surface area (Å²) in [6.07, 6.45) is 3.39. The van der Waals surface area contributed by atoms with Crippen molar-refractivity contribution in [3.8, 4) is 11.5 Å². The number of ether oxygens (including phenoxy) is 2. The highest BCUT2D eigenvalue weighted by Crippen LogP contribution is 2.32. The van der Waals surface area contributed by atoms with Crippen molar-refractivity contribution in [2.24, 2.45) is 0 Å². The molecule has 0 radical (unpaired) electrons. The number of nitrogens with zero attached hydrogens (tertiary/aromatic N) is 1. The van der Waals surface area contributed by atoms with Gasteiger partial charge in [-0.05, 0) is 38.4 Å². The van der Waals surface area contributed by atoms with E-state index in [1.165, 1.54) is 6.42 Å². The van der Waals surface area contributed by atoms with Gasteiger partial charge in [-0.1, -0.05) is 6.42 Å². The van der Waals surface area contributed by atoms with Crippen LogP contribution >= 0.6 is 0 Å². The van der Waals surface area contributed by atoms with E-state index in [0.29, 0.717) is 36.4 Å². The summed E-state index contributed by atoms with van der Waals surface area (Å²) in [6, 6.07) is 4.98. The number of benzene rings is 1. The van der Waals surface area contributed by atoms with E-state index in [9.17, 15) is 9.59 Å². The molecule has 7 nitrogen and oxygen atoms in total. The van der Waals surface area contributed by atoms with E-state index in [-0.39, 0.29) is 12.5 Å². The van der Waals surface area contributed by atoms with Crippen LogP contribution in [0.1, 0.15) is 26.2 Å². The van der Waals surface area contributed by atoms with Crippen molar-refractivity contribution in [1.29, 1.82) is 0 Å². The topological polar surface area (TPSA) is 79.9 Å². The highest BCUT2D eigenvalue weighted by atomic mass is 16.6. The first-order valence-corrected chi connectivity index (χ1v) is 8.36. The second-order valence-corrected chi connectivity index (χ2v) is 6.18. The molecule has 7 heteroatoms. The molecule has 2 aliphatic heterocycles. The number of rotatable bonds is 3. The van der Waals surface area contributed by atoms with E-state index in [0.717, 1.165) is 19.4 Å². The van der Waals surface area contributed by atoms with Crippen molar-refractivity contribution >= 4 is 17.6 Å². The van der Waals surface area contributed by atoms with E-state index in [1.807, 2.05) is 0 Å². The lowest BCUT2D eigenvalue weighted by Gasteiger charge is -2.32. The molecule has 3 amide bonds. The molecule has 1 atom stereocenters. The number of imide groups is 1. The highest BCUT2D eigenvalue weighted by molar-refractivity contribution is 6.01. The Morgan fingerprint density at radius 1 is 1.21 bits per heavy atom. The van der Waals surface area contributed by atoms with Crippen molar-refractivity contribution < 1.29 is 19.1 Å². The molecule has 1 aromatic rings. The van der Waals surface area contributed by atoms with Gasteiger partial charge in [0.25, 0.3) is 0 Å². The molecule has 0 bridgehead atoms. The molecule has 3 rings (SSSR count). The van der Waals surface area contributed by atoms with Gasteiger partial charge >= 0.3 is 6.03 Å². The van der Waals surface area contributed by atoms with E-state index >= 15 is 0 Å². The molecule has 2 aliphatic rings. The summed E-state index contributed by atoms with van der Waals surface area (Å²) in [5.74, 6) is 0.952. The van der Waals surface area contributed by atoms with Gasteiger partial charge in [0.05, 0.1) is 6.54 Å². The molecule has 0 aliphatic carbocycles. The molecular formula is C17H23N3O4. The average molecular weight is 333 g/mol. The molecule has 1 fully saturated rings. The number of amides is 3. The summed E-state index contributed by atoms with van der Waals surface area (Å²) in [7, 11) is 0. The maximum Gasteiger partial charge on any atom is 0.325 e. The Kier molecular flexibility index (Phi) is 5.20. The molecule has 1 unspecified atom stereocenters. The normalized spacial score (nSPS) is 20.3. The number of anilines is 1. The van der Waals surface area contributed by atoms with Crippen molar-refractivity contribution in [1.82, 2.24) is 10.2 Å². The predicted molar refractivity (Wildman–Crippen MR) is 89.5 cm³/mol. The third-order valence-corrected chi connectivity index (χ3v) is 4.34. The minimum atomic E-state index is -0.540. The van der Waals surface area contributed by atoms with E-state index < -0.39 is 6.03 Å². The van der Waals surface area contributed by atoms with Gasteiger partial charge in [0.1, 0.15) is 13.2 Å². The molecule has 2 heterocycles. The van der Waals surface area contributed by atoms with Crippen LogP contribution in [0.3, 0.4) is 0 Å². The van der Waals surface area contributed by atoms with Crippen LogP contribution in [0.15, 0.2) is 18.2 Å². The number of piperidine rings is 1. The molecular weight excluding hydrogens is 310 g/mol. The lowest BCUT2D eigenvalue weighted by molar-refractivity contribution is -0.121. The molecule has 24 heavy (non-hydrogen) atoms. The quantitative estimate of drug-likeness (QED) is 0.884. The Hall–Kier alpha value is -2.28. The van der Waals surface area contributed by atoms with Gasteiger partial charge in [-0.15, -0.1) is 0 Å². The number of urea groups is 1. The second kappa shape index (κ2) is 7.53. The van der Waals surface area contributed by atoms with Crippen LogP contribution in [0.5, 0.6) is 11.5 Å². The van der Waals surface area contributed by atoms with Crippen LogP contribution < -0.4 is 20.1 Å². The minimum Gasteiger partial charge on any atom is -0.486 e. The summed E-state index contributed by atoms with van der Waals surface area (Å²) in [5, 5.41) is 5.02. The fraction of sp³-hybridized carbons (Fsp3) is 0.529. The summed E-state index contributed by atoms with van der Waals surface area (Å²) in [5.41, 5.74) is 0.552. The maximum atomic E-state index is 12.0. The van der Waals surface area contributed by atoms with Crippen LogP contribution in [0, 0.1) is 0 Å². The molecule has 0 saturated carbocycles. The number of carbonyl (C=O) groups excluding carboxylic acids is 2. The zero-order valence-electron chi connectivity index (χ0n) is 13.8. The Labute approximate surface area is 141 Å². The first kappa shape index (κ1) is 16.6. The van der Waals surface area contributed by atoms with Gasteiger partial charge in [0.2, 0.25) is 5.91 Å².